The van der Waals surface area contributed by atoms with E-state index in [0.717, 1.165) is 22.3 Å². The molecule has 28 heavy (non-hydrogen) atoms. The predicted molar refractivity (Wildman–Crippen MR) is 110 cm³/mol. The van der Waals surface area contributed by atoms with Gasteiger partial charge in [-0.05, 0) is 45.0 Å². The zero-order chi connectivity index (χ0) is 19.8. The molecule has 4 rings (SSSR count). The molecule has 2 unspecified atom stereocenters. The van der Waals surface area contributed by atoms with Crippen molar-refractivity contribution >= 4 is 28.2 Å². The smallest absolute Gasteiger partial charge is 0.258 e. The lowest BCUT2D eigenvalue weighted by Gasteiger charge is -2.37. The number of hydrogen-bond acceptors (Lipinski definition) is 3. The van der Waals surface area contributed by atoms with E-state index >= 15 is 0 Å². The zero-order valence-corrected chi connectivity index (χ0v) is 16.3. The molecule has 0 bridgehead atoms. The van der Waals surface area contributed by atoms with Gasteiger partial charge in [-0.3, -0.25) is 4.79 Å². The van der Waals surface area contributed by atoms with Crippen molar-refractivity contribution in [2.75, 3.05) is 23.3 Å². The average Bonchev–Trinajstić information content (AvgIpc) is 2.96. The average molecular weight is 381 g/mol. The minimum absolute atomic E-state index is 0.0685. The number of rotatable bonds is 3. The van der Waals surface area contributed by atoms with E-state index in [1.165, 1.54) is 12.1 Å². The quantitative estimate of drug-likeness (QED) is 0.703. The first-order valence-corrected chi connectivity index (χ1v) is 9.50. The van der Waals surface area contributed by atoms with Crippen LogP contribution < -0.4 is 10.2 Å². The van der Waals surface area contributed by atoms with Crippen LogP contribution in [0.3, 0.4) is 0 Å². The highest BCUT2D eigenvalue weighted by Gasteiger charge is 2.23. The van der Waals surface area contributed by atoms with Crippen LogP contribution in [0.15, 0.2) is 42.5 Å². The molecule has 6 heteroatoms. The molecule has 3 aromatic rings. The summed E-state index contributed by atoms with van der Waals surface area (Å²) < 4.78 is 20.0. The number of halogens is 1. The van der Waals surface area contributed by atoms with Gasteiger partial charge in [0.1, 0.15) is 5.82 Å². The molecule has 0 radical (unpaired) electrons. The first-order valence-electron chi connectivity index (χ1n) is 9.50. The highest BCUT2D eigenvalue weighted by molar-refractivity contribution is 6.14. The number of carbonyl (C=O) groups excluding carboxylic acids is 1. The van der Waals surface area contributed by atoms with Crippen molar-refractivity contribution in [3.05, 3.63) is 59.5 Å². The number of para-hydroxylation sites is 1. The number of nitrogens with zero attached hydrogens (tertiary/aromatic N) is 1. The van der Waals surface area contributed by atoms with E-state index in [9.17, 15) is 9.18 Å². The number of morpholine rings is 1. The van der Waals surface area contributed by atoms with E-state index in [0.29, 0.717) is 24.3 Å². The molecule has 0 aliphatic carbocycles. The lowest BCUT2D eigenvalue weighted by molar-refractivity contribution is -0.00523. The topological polar surface area (TPSA) is 57.4 Å². The number of hydrogen-bond donors (Lipinski definition) is 2. The third kappa shape index (κ3) is 3.60. The van der Waals surface area contributed by atoms with Crippen molar-refractivity contribution in [3.63, 3.8) is 0 Å². The van der Waals surface area contributed by atoms with Gasteiger partial charge in [0, 0.05) is 41.1 Å². The zero-order valence-electron chi connectivity index (χ0n) is 16.3. The number of carbonyl (C=O) groups is 1. The Hall–Kier alpha value is -2.86. The maximum absolute atomic E-state index is 14.3. The van der Waals surface area contributed by atoms with Gasteiger partial charge in [0.25, 0.3) is 5.91 Å². The largest absolute Gasteiger partial charge is 0.372 e. The lowest BCUT2D eigenvalue weighted by Crippen LogP contribution is -2.45. The summed E-state index contributed by atoms with van der Waals surface area (Å²) in [5.74, 6) is -0.634. The molecule has 1 saturated heterocycles. The van der Waals surface area contributed by atoms with Crippen LogP contribution in [0, 0.1) is 12.7 Å². The van der Waals surface area contributed by atoms with Crippen LogP contribution in [0.4, 0.5) is 15.8 Å². The van der Waals surface area contributed by atoms with Crippen molar-refractivity contribution in [1.82, 2.24) is 4.98 Å². The molecule has 146 valence electrons. The Morgan fingerprint density at radius 2 is 1.89 bits per heavy atom. The summed E-state index contributed by atoms with van der Waals surface area (Å²) >= 11 is 0. The van der Waals surface area contributed by atoms with Crippen molar-refractivity contribution < 1.29 is 13.9 Å². The van der Waals surface area contributed by atoms with Crippen molar-refractivity contribution in [3.8, 4) is 0 Å². The molecule has 1 aromatic heterocycles. The standard InChI is InChI=1S/C22H24FN3O2/c1-13-11-26(12-14(2)28-13)18-9-16(23)8-17(10-18)25-22(27)21-15(3)24-20-7-5-4-6-19(20)21/h4-10,13-14,24H,11-12H2,1-3H3,(H,25,27). The predicted octanol–water partition coefficient (Wildman–Crippen LogP) is 4.48. The molecule has 1 aliphatic heterocycles. The van der Waals surface area contributed by atoms with Crippen molar-refractivity contribution in [2.45, 2.75) is 33.0 Å². The van der Waals surface area contributed by atoms with Crippen LogP contribution in [-0.4, -0.2) is 36.2 Å². The summed E-state index contributed by atoms with van der Waals surface area (Å²) in [6.45, 7) is 7.24. The number of aromatic nitrogens is 1. The van der Waals surface area contributed by atoms with E-state index in [4.69, 9.17) is 4.74 Å². The Balaban J connectivity index is 1.62. The SMILES string of the molecule is Cc1[nH]c2ccccc2c1C(=O)Nc1cc(F)cc(N2CC(C)OC(C)C2)c1. The normalized spacial score (nSPS) is 19.8. The van der Waals surface area contributed by atoms with Gasteiger partial charge in [0.2, 0.25) is 0 Å². The maximum Gasteiger partial charge on any atom is 0.258 e. The number of nitrogens with one attached hydrogen (secondary N) is 2. The summed E-state index contributed by atoms with van der Waals surface area (Å²) in [6.07, 6.45) is 0.137. The third-order valence-corrected chi connectivity index (χ3v) is 5.05. The minimum Gasteiger partial charge on any atom is -0.372 e. The van der Waals surface area contributed by atoms with Crippen LogP contribution >= 0.6 is 0 Å². The van der Waals surface area contributed by atoms with Gasteiger partial charge >= 0.3 is 0 Å². The second-order valence-corrected chi connectivity index (χ2v) is 7.49. The Bertz CT molecular complexity index is 1020. The van der Waals surface area contributed by atoms with E-state index in [1.54, 1.807) is 0 Å². The molecule has 1 fully saturated rings. The molecule has 2 N–H and O–H groups in total. The Morgan fingerprint density at radius 3 is 2.64 bits per heavy atom. The summed E-state index contributed by atoms with van der Waals surface area (Å²) in [4.78, 5) is 18.2. The van der Waals surface area contributed by atoms with Gasteiger partial charge in [0.15, 0.2) is 0 Å². The van der Waals surface area contributed by atoms with Crippen LogP contribution in [0.1, 0.15) is 29.9 Å². The number of benzene rings is 2. The molecular formula is C22H24FN3O2. The molecule has 2 heterocycles. The summed E-state index contributed by atoms with van der Waals surface area (Å²) in [7, 11) is 0. The first kappa shape index (κ1) is 18.5. The molecular weight excluding hydrogens is 357 g/mol. The highest BCUT2D eigenvalue weighted by atomic mass is 19.1. The summed E-state index contributed by atoms with van der Waals surface area (Å²) in [5.41, 5.74) is 3.45. The van der Waals surface area contributed by atoms with Crippen LogP contribution in [-0.2, 0) is 4.74 Å². The van der Waals surface area contributed by atoms with E-state index in [2.05, 4.69) is 15.2 Å². The second kappa shape index (κ2) is 7.28. The molecule has 0 saturated carbocycles. The lowest BCUT2D eigenvalue weighted by atomic mass is 10.1. The van der Waals surface area contributed by atoms with Crippen LogP contribution in [0.2, 0.25) is 0 Å². The van der Waals surface area contributed by atoms with Crippen molar-refractivity contribution in [2.24, 2.45) is 0 Å². The van der Waals surface area contributed by atoms with Gasteiger partial charge in [-0.2, -0.15) is 0 Å². The Labute approximate surface area is 163 Å². The third-order valence-electron chi connectivity index (χ3n) is 5.05. The number of fused-ring (bicyclic) bond motifs is 1. The molecule has 0 spiro atoms. The molecule has 2 aromatic carbocycles. The van der Waals surface area contributed by atoms with Gasteiger partial charge in [-0.15, -0.1) is 0 Å². The van der Waals surface area contributed by atoms with E-state index < -0.39 is 0 Å². The molecule has 2 atom stereocenters. The van der Waals surface area contributed by atoms with Crippen LogP contribution in [0.5, 0.6) is 0 Å². The fraction of sp³-hybridized carbons (Fsp3) is 0.318. The van der Waals surface area contributed by atoms with Gasteiger partial charge < -0.3 is 19.9 Å². The number of ether oxygens (including phenoxy) is 1. The number of aromatic amines is 1. The number of H-pyrrole nitrogens is 1. The first-order chi connectivity index (χ1) is 13.4. The maximum atomic E-state index is 14.3. The summed E-state index contributed by atoms with van der Waals surface area (Å²) in [6, 6.07) is 12.3. The fourth-order valence-corrected chi connectivity index (χ4v) is 3.98. The molecule has 5 nitrogen and oxygen atoms in total. The minimum atomic E-state index is -0.379. The van der Waals surface area contributed by atoms with Gasteiger partial charge in [-0.1, -0.05) is 18.2 Å². The van der Waals surface area contributed by atoms with E-state index in [-0.39, 0.29) is 23.9 Å². The monoisotopic (exact) mass is 381 g/mol. The summed E-state index contributed by atoms with van der Waals surface area (Å²) in [5, 5.41) is 3.72. The highest BCUT2D eigenvalue weighted by Crippen LogP contribution is 2.27. The molecule has 1 amide bonds. The fourth-order valence-electron chi connectivity index (χ4n) is 3.98. The second-order valence-electron chi connectivity index (χ2n) is 7.49. The van der Waals surface area contributed by atoms with Crippen molar-refractivity contribution in [1.29, 1.82) is 0 Å². The van der Waals surface area contributed by atoms with Gasteiger partial charge in [-0.25, -0.2) is 4.39 Å². The van der Waals surface area contributed by atoms with E-state index in [1.807, 2.05) is 51.1 Å². The Kier molecular flexibility index (Phi) is 4.81. The molecule has 1 aliphatic rings. The van der Waals surface area contributed by atoms with Gasteiger partial charge in [0.05, 0.1) is 17.8 Å². The Morgan fingerprint density at radius 1 is 1.18 bits per heavy atom. The van der Waals surface area contributed by atoms with Crippen LogP contribution in [0.25, 0.3) is 10.9 Å². The number of amides is 1. The number of aryl methyl sites for hydroxylation is 1. The number of anilines is 2.